The number of nitrogen functional groups attached to an aromatic ring is 1. The fourth-order valence-electron chi connectivity index (χ4n) is 1.58. The number of rotatable bonds is 4. The van der Waals surface area contributed by atoms with Crippen molar-refractivity contribution in [1.29, 1.82) is 0 Å². The van der Waals surface area contributed by atoms with E-state index in [9.17, 15) is 4.79 Å². The van der Waals surface area contributed by atoms with Gasteiger partial charge in [-0.15, -0.1) is 11.3 Å². The maximum absolute atomic E-state index is 11.9. The smallest absolute Gasteiger partial charge is 0.253 e. The molecule has 0 unspecified atom stereocenters. The molecule has 0 saturated carbocycles. The summed E-state index contributed by atoms with van der Waals surface area (Å²) in [5, 5.41) is 5.26. The Hall–Kier alpha value is -1.52. The topological polar surface area (TPSA) is 55.1 Å². The largest absolute Gasteiger partial charge is 0.397 e. The number of anilines is 1. The molecule has 2 rings (SSSR count). The minimum atomic E-state index is -0.188. The number of hydrogen-bond acceptors (Lipinski definition) is 3. The molecule has 0 saturated heterocycles. The highest BCUT2D eigenvalue weighted by Gasteiger charge is 2.10. The van der Waals surface area contributed by atoms with Crippen molar-refractivity contribution in [2.75, 3.05) is 12.3 Å². The molecule has 0 bridgehead atoms. The first-order valence-corrected chi connectivity index (χ1v) is 6.79. The first kappa shape index (κ1) is 12.9. The van der Waals surface area contributed by atoms with Crippen LogP contribution in [0.5, 0.6) is 0 Å². The molecule has 94 valence electrons. The molecule has 0 fully saturated rings. The third-order valence-corrected chi connectivity index (χ3v) is 3.80. The Bertz CT molecular complexity index is 540. The molecule has 0 aliphatic carbocycles. The van der Waals surface area contributed by atoms with Crippen LogP contribution >= 0.6 is 22.9 Å². The van der Waals surface area contributed by atoms with Crippen LogP contribution in [-0.2, 0) is 6.42 Å². The van der Waals surface area contributed by atoms with Crippen LogP contribution in [0.3, 0.4) is 0 Å². The van der Waals surface area contributed by atoms with E-state index in [1.54, 1.807) is 29.5 Å². The molecule has 2 aromatic rings. The van der Waals surface area contributed by atoms with Crippen LogP contribution in [0.4, 0.5) is 5.69 Å². The van der Waals surface area contributed by atoms with Crippen LogP contribution in [0.25, 0.3) is 0 Å². The molecule has 0 aliphatic rings. The summed E-state index contributed by atoms with van der Waals surface area (Å²) < 4.78 is 0. The molecule has 1 heterocycles. The van der Waals surface area contributed by atoms with Crippen LogP contribution < -0.4 is 11.1 Å². The van der Waals surface area contributed by atoms with E-state index in [1.807, 2.05) is 17.5 Å². The van der Waals surface area contributed by atoms with Gasteiger partial charge in [0.15, 0.2) is 0 Å². The number of benzene rings is 1. The second-order valence-electron chi connectivity index (χ2n) is 3.79. The first-order valence-electron chi connectivity index (χ1n) is 5.53. The van der Waals surface area contributed by atoms with Crippen molar-refractivity contribution >= 4 is 34.5 Å². The number of halogens is 1. The third kappa shape index (κ3) is 3.03. The van der Waals surface area contributed by atoms with E-state index < -0.39 is 0 Å². The van der Waals surface area contributed by atoms with E-state index in [0.29, 0.717) is 22.8 Å². The second-order valence-corrected chi connectivity index (χ2v) is 5.23. The number of carbonyl (C=O) groups is 1. The lowest BCUT2D eigenvalue weighted by molar-refractivity contribution is 0.0955. The number of carbonyl (C=O) groups excluding carboxylic acids is 1. The maximum atomic E-state index is 11.9. The second kappa shape index (κ2) is 5.89. The summed E-state index contributed by atoms with van der Waals surface area (Å²) in [5.41, 5.74) is 6.51. The lowest BCUT2D eigenvalue weighted by Crippen LogP contribution is -2.26. The van der Waals surface area contributed by atoms with Gasteiger partial charge in [0, 0.05) is 11.4 Å². The molecular formula is C13H13ClN2OS. The fraction of sp³-hybridized carbons (Fsp3) is 0.154. The van der Waals surface area contributed by atoms with Gasteiger partial charge in [0.2, 0.25) is 0 Å². The zero-order valence-electron chi connectivity index (χ0n) is 9.65. The number of nitrogens with one attached hydrogen (secondary N) is 1. The van der Waals surface area contributed by atoms with E-state index in [1.165, 1.54) is 4.88 Å². The van der Waals surface area contributed by atoms with E-state index >= 15 is 0 Å². The van der Waals surface area contributed by atoms with Crippen molar-refractivity contribution in [1.82, 2.24) is 5.32 Å². The summed E-state index contributed by atoms with van der Waals surface area (Å²) in [6.45, 7) is 0.589. The Kier molecular flexibility index (Phi) is 4.23. The lowest BCUT2D eigenvalue weighted by atomic mass is 10.1. The Morgan fingerprint density at radius 2 is 2.17 bits per heavy atom. The highest BCUT2D eigenvalue weighted by molar-refractivity contribution is 7.09. The van der Waals surface area contributed by atoms with E-state index in [0.717, 1.165) is 6.42 Å². The van der Waals surface area contributed by atoms with Crippen molar-refractivity contribution in [2.45, 2.75) is 6.42 Å². The van der Waals surface area contributed by atoms with Crippen LogP contribution in [-0.4, -0.2) is 12.5 Å². The van der Waals surface area contributed by atoms with Gasteiger partial charge in [-0.25, -0.2) is 0 Å². The zero-order valence-corrected chi connectivity index (χ0v) is 11.2. The van der Waals surface area contributed by atoms with Crippen molar-refractivity contribution in [3.05, 3.63) is 51.2 Å². The van der Waals surface area contributed by atoms with Crippen molar-refractivity contribution in [2.24, 2.45) is 0 Å². The van der Waals surface area contributed by atoms with Gasteiger partial charge in [-0.2, -0.15) is 0 Å². The quantitative estimate of drug-likeness (QED) is 0.846. The Morgan fingerprint density at radius 3 is 2.89 bits per heavy atom. The van der Waals surface area contributed by atoms with Gasteiger partial charge in [0.1, 0.15) is 0 Å². The van der Waals surface area contributed by atoms with E-state index in [4.69, 9.17) is 17.3 Å². The molecule has 5 heteroatoms. The number of hydrogen-bond donors (Lipinski definition) is 2. The predicted octanol–water partition coefficient (Wildman–Crippen LogP) is 2.96. The minimum Gasteiger partial charge on any atom is -0.397 e. The van der Waals surface area contributed by atoms with E-state index in [-0.39, 0.29) is 5.91 Å². The predicted molar refractivity (Wildman–Crippen MR) is 76.2 cm³/mol. The van der Waals surface area contributed by atoms with Gasteiger partial charge < -0.3 is 11.1 Å². The summed E-state index contributed by atoms with van der Waals surface area (Å²) in [5.74, 6) is -0.188. The van der Waals surface area contributed by atoms with Crippen LogP contribution in [0.1, 0.15) is 15.2 Å². The lowest BCUT2D eigenvalue weighted by Gasteiger charge is -2.07. The van der Waals surface area contributed by atoms with E-state index in [2.05, 4.69) is 5.32 Å². The molecule has 0 atom stereocenters. The molecule has 3 N–H and O–H groups in total. The molecular weight excluding hydrogens is 268 g/mol. The minimum absolute atomic E-state index is 0.188. The summed E-state index contributed by atoms with van der Waals surface area (Å²) in [4.78, 5) is 13.1. The third-order valence-electron chi connectivity index (χ3n) is 2.53. The zero-order chi connectivity index (χ0) is 13.0. The SMILES string of the molecule is Nc1c(Cl)cccc1C(=O)NCCc1cccs1. The summed E-state index contributed by atoms with van der Waals surface area (Å²) >= 11 is 7.55. The molecule has 0 spiro atoms. The van der Waals surface area contributed by atoms with Crippen LogP contribution in [0, 0.1) is 0 Å². The summed E-state index contributed by atoms with van der Waals surface area (Å²) in [6.07, 6.45) is 0.823. The number of nitrogens with two attached hydrogens (primary N) is 1. The Morgan fingerprint density at radius 1 is 1.33 bits per heavy atom. The molecule has 0 aliphatic heterocycles. The van der Waals surface area contributed by atoms with Gasteiger partial charge in [-0.05, 0) is 30.0 Å². The number of amides is 1. The fourth-order valence-corrected chi connectivity index (χ4v) is 2.47. The van der Waals surface area contributed by atoms with Crippen molar-refractivity contribution in [3.8, 4) is 0 Å². The number of para-hydroxylation sites is 1. The van der Waals surface area contributed by atoms with Gasteiger partial charge in [-0.3, -0.25) is 4.79 Å². The Labute approximate surface area is 115 Å². The standard InChI is InChI=1S/C13H13ClN2OS/c14-11-5-1-4-10(12(11)15)13(17)16-7-6-9-3-2-8-18-9/h1-5,8H,6-7,15H2,(H,16,17). The van der Waals surface area contributed by atoms with Crippen molar-refractivity contribution in [3.63, 3.8) is 0 Å². The normalized spacial score (nSPS) is 10.3. The molecule has 3 nitrogen and oxygen atoms in total. The average Bonchev–Trinajstić information content (AvgIpc) is 2.85. The Balaban J connectivity index is 1.93. The van der Waals surface area contributed by atoms with Gasteiger partial charge in [-0.1, -0.05) is 23.7 Å². The first-order chi connectivity index (χ1) is 8.68. The maximum Gasteiger partial charge on any atom is 0.253 e. The molecule has 18 heavy (non-hydrogen) atoms. The summed E-state index contributed by atoms with van der Waals surface area (Å²) in [7, 11) is 0. The van der Waals surface area contributed by atoms with Crippen LogP contribution in [0.2, 0.25) is 5.02 Å². The van der Waals surface area contributed by atoms with Gasteiger partial charge in [0.25, 0.3) is 5.91 Å². The molecule has 1 aromatic carbocycles. The highest BCUT2D eigenvalue weighted by atomic mass is 35.5. The van der Waals surface area contributed by atoms with Crippen molar-refractivity contribution < 1.29 is 4.79 Å². The molecule has 1 aromatic heterocycles. The monoisotopic (exact) mass is 280 g/mol. The average molecular weight is 281 g/mol. The molecule has 0 radical (unpaired) electrons. The summed E-state index contributed by atoms with van der Waals surface area (Å²) in [6, 6.07) is 9.09. The number of thiophene rings is 1. The highest BCUT2D eigenvalue weighted by Crippen LogP contribution is 2.22. The van der Waals surface area contributed by atoms with Gasteiger partial charge >= 0.3 is 0 Å². The van der Waals surface area contributed by atoms with Gasteiger partial charge in [0.05, 0.1) is 16.3 Å². The van der Waals surface area contributed by atoms with Crippen LogP contribution in [0.15, 0.2) is 35.7 Å². The molecule has 1 amide bonds.